The standard InChI is InChI=1S/C13H17NO4/c1-3-18-13(16)9-7-11(15)10(5-4-6-14)12(8-9)17-2/h9H,3-5,7-8H2,1-2H3. The van der Waals surface area contributed by atoms with Crippen molar-refractivity contribution in [2.75, 3.05) is 13.7 Å². The van der Waals surface area contributed by atoms with Gasteiger partial charge in [0.1, 0.15) is 5.76 Å². The van der Waals surface area contributed by atoms with Gasteiger partial charge in [0.2, 0.25) is 0 Å². The fourth-order valence-corrected chi connectivity index (χ4v) is 2.01. The summed E-state index contributed by atoms with van der Waals surface area (Å²) in [5.74, 6) is -0.427. The van der Waals surface area contributed by atoms with E-state index < -0.39 is 5.92 Å². The molecule has 0 aromatic rings. The number of ether oxygens (including phenoxy) is 2. The maximum Gasteiger partial charge on any atom is 0.309 e. The van der Waals surface area contributed by atoms with Crippen molar-refractivity contribution in [2.24, 2.45) is 5.92 Å². The number of hydrogen-bond acceptors (Lipinski definition) is 5. The third-order valence-corrected chi connectivity index (χ3v) is 2.89. The largest absolute Gasteiger partial charge is 0.501 e. The highest BCUT2D eigenvalue weighted by molar-refractivity contribution is 5.99. The Labute approximate surface area is 106 Å². The number of carbonyl (C=O) groups is 2. The molecule has 0 aromatic carbocycles. The van der Waals surface area contributed by atoms with Crippen molar-refractivity contribution >= 4 is 11.8 Å². The van der Waals surface area contributed by atoms with Crippen molar-refractivity contribution in [3.63, 3.8) is 0 Å². The Bertz CT molecular complexity index is 406. The number of nitriles is 1. The molecule has 0 saturated carbocycles. The molecular weight excluding hydrogens is 234 g/mol. The lowest BCUT2D eigenvalue weighted by molar-refractivity contribution is -0.150. The van der Waals surface area contributed by atoms with Crippen LogP contribution in [-0.2, 0) is 19.1 Å². The first-order valence-electron chi connectivity index (χ1n) is 5.96. The number of rotatable bonds is 5. The van der Waals surface area contributed by atoms with Gasteiger partial charge in [-0.05, 0) is 13.3 Å². The van der Waals surface area contributed by atoms with Crippen LogP contribution >= 0.6 is 0 Å². The minimum absolute atomic E-state index is 0.119. The van der Waals surface area contributed by atoms with E-state index in [0.717, 1.165) is 0 Å². The molecule has 1 atom stereocenters. The molecule has 98 valence electrons. The topological polar surface area (TPSA) is 76.4 Å². The molecule has 18 heavy (non-hydrogen) atoms. The molecule has 5 heteroatoms. The fourth-order valence-electron chi connectivity index (χ4n) is 2.01. The zero-order valence-corrected chi connectivity index (χ0v) is 10.7. The smallest absolute Gasteiger partial charge is 0.309 e. The predicted octanol–water partition coefficient (Wildman–Crippen LogP) is 1.73. The average molecular weight is 251 g/mol. The molecule has 0 spiro atoms. The third kappa shape index (κ3) is 3.33. The number of carbonyl (C=O) groups excluding carboxylic acids is 2. The van der Waals surface area contributed by atoms with Crippen molar-refractivity contribution in [3.8, 4) is 6.07 Å². The Morgan fingerprint density at radius 1 is 1.50 bits per heavy atom. The molecule has 0 heterocycles. The van der Waals surface area contributed by atoms with Crippen molar-refractivity contribution in [3.05, 3.63) is 11.3 Å². The summed E-state index contributed by atoms with van der Waals surface area (Å²) >= 11 is 0. The first-order valence-corrected chi connectivity index (χ1v) is 5.96. The van der Waals surface area contributed by atoms with Crippen molar-refractivity contribution in [1.29, 1.82) is 5.26 Å². The van der Waals surface area contributed by atoms with Gasteiger partial charge in [-0.3, -0.25) is 9.59 Å². The van der Waals surface area contributed by atoms with Crippen molar-refractivity contribution in [1.82, 2.24) is 0 Å². The second-order valence-electron chi connectivity index (χ2n) is 4.04. The lowest BCUT2D eigenvalue weighted by atomic mass is 9.85. The predicted molar refractivity (Wildman–Crippen MR) is 63.2 cm³/mol. The Balaban J connectivity index is 2.83. The molecule has 0 aromatic heterocycles. The van der Waals surface area contributed by atoms with Crippen LogP contribution in [0.3, 0.4) is 0 Å². The summed E-state index contributed by atoms with van der Waals surface area (Å²) in [6.07, 6.45) is 1.18. The Hall–Kier alpha value is -1.83. The van der Waals surface area contributed by atoms with Gasteiger partial charge in [0.25, 0.3) is 0 Å². The van der Waals surface area contributed by atoms with Gasteiger partial charge in [0.15, 0.2) is 5.78 Å². The molecule has 0 N–H and O–H groups in total. The van der Waals surface area contributed by atoms with Gasteiger partial charge >= 0.3 is 5.97 Å². The number of nitrogens with zero attached hydrogens (tertiary/aromatic N) is 1. The van der Waals surface area contributed by atoms with E-state index in [1.54, 1.807) is 6.92 Å². The molecule has 0 bridgehead atoms. The van der Waals surface area contributed by atoms with Gasteiger partial charge in [0, 0.05) is 24.8 Å². The zero-order chi connectivity index (χ0) is 13.5. The molecule has 1 rings (SSSR count). The first-order chi connectivity index (χ1) is 8.63. The number of Topliss-reactive ketones (excluding diaryl/α,β-unsaturated/α-hetero) is 1. The molecule has 1 aliphatic carbocycles. The van der Waals surface area contributed by atoms with E-state index in [2.05, 4.69) is 0 Å². The molecule has 0 radical (unpaired) electrons. The third-order valence-electron chi connectivity index (χ3n) is 2.89. The van der Waals surface area contributed by atoms with Crippen LogP contribution in [0.15, 0.2) is 11.3 Å². The fraction of sp³-hybridized carbons (Fsp3) is 0.615. The monoisotopic (exact) mass is 251 g/mol. The highest BCUT2D eigenvalue weighted by Crippen LogP contribution is 2.30. The average Bonchev–Trinajstić information content (AvgIpc) is 2.36. The maximum atomic E-state index is 11.9. The van der Waals surface area contributed by atoms with Gasteiger partial charge in [-0.25, -0.2) is 0 Å². The Morgan fingerprint density at radius 2 is 2.22 bits per heavy atom. The molecular formula is C13H17NO4. The molecule has 1 unspecified atom stereocenters. The second-order valence-corrected chi connectivity index (χ2v) is 4.04. The van der Waals surface area contributed by atoms with Crippen molar-refractivity contribution in [2.45, 2.75) is 32.6 Å². The number of esters is 1. The van der Waals surface area contributed by atoms with Gasteiger partial charge < -0.3 is 9.47 Å². The van der Waals surface area contributed by atoms with Crippen LogP contribution in [0.2, 0.25) is 0 Å². The number of methoxy groups -OCH3 is 1. The molecule has 0 fully saturated rings. The summed E-state index contributed by atoms with van der Waals surface area (Å²) in [4.78, 5) is 23.6. The quantitative estimate of drug-likeness (QED) is 0.695. The molecule has 0 aliphatic heterocycles. The second kappa shape index (κ2) is 6.80. The summed E-state index contributed by atoms with van der Waals surface area (Å²) in [5, 5.41) is 8.55. The van der Waals surface area contributed by atoms with E-state index in [0.29, 0.717) is 30.8 Å². The van der Waals surface area contributed by atoms with Crippen LogP contribution in [0.25, 0.3) is 0 Å². The van der Waals surface area contributed by atoms with Crippen LogP contribution in [0.1, 0.15) is 32.6 Å². The maximum absolute atomic E-state index is 11.9. The number of hydrogen-bond donors (Lipinski definition) is 0. The zero-order valence-electron chi connectivity index (χ0n) is 10.7. The number of ketones is 1. The highest BCUT2D eigenvalue weighted by Gasteiger charge is 2.33. The van der Waals surface area contributed by atoms with E-state index in [1.807, 2.05) is 6.07 Å². The van der Waals surface area contributed by atoms with E-state index >= 15 is 0 Å². The van der Waals surface area contributed by atoms with Gasteiger partial charge in [-0.15, -0.1) is 0 Å². The SMILES string of the molecule is CCOC(=O)C1CC(=O)C(CCC#N)=C(OC)C1. The normalized spacial score (nSPS) is 19.4. The highest BCUT2D eigenvalue weighted by atomic mass is 16.5. The van der Waals surface area contributed by atoms with E-state index in [9.17, 15) is 9.59 Å². The summed E-state index contributed by atoms with van der Waals surface area (Å²) in [5.41, 5.74) is 0.541. The molecule has 5 nitrogen and oxygen atoms in total. The van der Waals surface area contributed by atoms with Crippen LogP contribution in [0.4, 0.5) is 0 Å². The van der Waals surface area contributed by atoms with Gasteiger partial charge in [0.05, 0.1) is 25.7 Å². The summed E-state index contributed by atoms with van der Waals surface area (Å²) < 4.78 is 10.1. The summed E-state index contributed by atoms with van der Waals surface area (Å²) in [6.45, 7) is 2.03. The van der Waals surface area contributed by atoms with Gasteiger partial charge in [-0.2, -0.15) is 5.26 Å². The molecule has 0 saturated heterocycles. The van der Waals surface area contributed by atoms with Crippen LogP contribution in [0.5, 0.6) is 0 Å². The number of allylic oxidation sites excluding steroid dienone is 2. The van der Waals surface area contributed by atoms with Crippen LogP contribution < -0.4 is 0 Å². The molecule has 1 aliphatic rings. The molecule has 0 amide bonds. The van der Waals surface area contributed by atoms with E-state index in [-0.39, 0.29) is 24.6 Å². The van der Waals surface area contributed by atoms with E-state index in [1.165, 1.54) is 7.11 Å². The van der Waals surface area contributed by atoms with Crippen LogP contribution in [0, 0.1) is 17.2 Å². The van der Waals surface area contributed by atoms with Crippen LogP contribution in [-0.4, -0.2) is 25.5 Å². The minimum Gasteiger partial charge on any atom is -0.501 e. The Morgan fingerprint density at radius 3 is 2.78 bits per heavy atom. The minimum atomic E-state index is -0.460. The lowest BCUT2D eigenvalue weighted by Gasteiger charge is -2.23. The van der Waals surface area contributed by atoms with Crippen molar-refractivity contribution < 1.29 is 19.1 Å². The first kappa shape index (κ1) is 14.2. The summed E-state index contributed by atoms with van der Waals surface area (Å²) in [7, 11) is 1.47. The van der Waals surface area contributed by atoms with E-state index in [4.69, 9.17) is 14.7 Å². The Kier molecular flexibility index (Phi) is 5.37. The van der Waals surface area contributed by atoms with Gasteiger partial charge in [-0.1, -0.05) is 0 Å². The summed E-state index contributed by atoms with van der Waals surface area (Å²) in [6, 6.07) is 2.00. The lowest BCUT2D eigenvalue weighted by Crippen LogP contribution is -2.27.